The maximum atomic E-state index is 12.9. The Morgan fingerprint density at radius 3 is 2.83 bits per heavy atom. The normalized spacial score (nSPS) is 32.9. The van der Waals surface area contributed by atoms with Gasteiger partial charge in [0, 0.05) is 43.6 Å². The Morgan fingerprint density at radius 2 is 2.10 bits per heavy atom. The van der Waals surface area contributed by atoms with Crippen LogP contribution < -0.4 is 16.4 Å². The van der Waals surface area contributed by atoms with Crippen molar-refractivity contribution < 1.29 is 19.1 Å². The summed E-state index contributed by atoms with van der Waals surface area (Å²) < 4.78 is 5.88. The summed E-state index contributed by atoms with van der Waals surface area (Å²) in [6.45, 7) is 3.27. The Bertz CT molecular complexity index is 893. The summed E-state index contributed by atoms with van der Waals surface area (Å²) in [7, 11) is 0. The number of carbonyl (C=O) groups is 3. The summed E-state index contributed by atoms with van der Waals surface area (Å²) in [5, 5.41) is 5.89. The lowest BCUT2D eigenvalue weighted by molar-refractivity contribution is -0.136. The molecule has 4 aliphatic heterocycles. The zero-order valence-corrected chi connectivity index (χ0v) is 16.3. The number of nitrogens with one attached hydrogen (secondary N) is 2. The number of amides is 3. The van der Waals surface area contributed by atoms with Crippen LogP contribution in [0.2, 0.25) is 0 Å². The van der Waals surface area contributed by atoms with Crippen molar-refractivity contribution in [1.82, 2.24) is 15.5 Å². The smallest absolute Gasteiger partial charge is 0.255 e. The lowest BCUT2D eigenvalue weighted by Gasteiger charge is -2.44. The van der Waals surface area contributed by atoms with Crippen molar-refractivity contribution in [3.8, 4) is 0 Å². The van der Waals surface area contributed by atoms with E-state index in [0.29, 0.717) is 31.6 Å². The third-order valence-corrected chi connectivity index (χ3v) is 6.95. The third kappa shape index (κ3) is 2.97. The minimum Gasteiger partial charge on any atom is -0.373 e. The zero-order valence-electron chi connectivity index (χ0n) is 16.3. The first-order chi connectivity index (χ1) is 13.9. The number of benzene rings is 1. The van der Waals surface area contributed by atoms with Gasteiger partial charge in [0.25, 0.3) is 5.91 Å². The predicted octanol–water partition coefficient (Wildman–Crippen LogP) is 0.0451. The number of ether oxygens (including phenoxy) is 1. The van der Waals surface area contributed by atoms with Gasteiger partial charge in [-0.1, -0.05) is 12.1 Å². The highest BCUT2D eigenvalue weighted by Gasteiger charge is 2.61. The topological polar surface area (TPSA) is 114 Å². The van der Waals surface area contributed by atoms with Crippen LogP contribution >= 0.6 is 0 Å². The molecule has 3 saturated heterocycles. The highest BCUT2D eigenvalue weighted by Crippen LogP contribution is 2.56. The van der Waals surface area contributed by atoms with Gasteiger partial charge < -0.3 is 20.7 Å². The molecule has 4 fully saturated rings. The summed E-state index contributed by atoms with van der Waals surface area (Å²) in [6.07, 6.45) is 2.67. The van der Waals surface area contributed by atoms with Crippen molar-refractivity contribution in [1.29, 1.82) is 0 Å². The van der Waals surface area contributed by atoms with E-state index in [1.54, 1.807) is 4.90 Å². The molecular formula is C21H26N4O4. The second kappa shape index (κ2) is 6.62. The van der Waals surface area contributed by atoms with E-state index in [2.05, 4.69) is 10.6 Å². The van der Waals surface area contributed by atoms with E-state index in [1.807, 2.05) is 18.2 Å². The molecule has 29 heavy (non-hydrogen) atoms. The van der Waals surface area contributed by atoms with E-state index in [9.17, 15) is 14.4 Å². The molecule has 5 aliphatic rings. The van der Waals surface area contributed by atoms with Crippen LogP contribution in [0.5, 0.6) is 0 Å². The minimum atomic E-state index is -0.581. The summed E-state index contributed by atoms with van der Waals surface area (Å²) >= 11 is 0. The molecule has 1 unspecified atom stereocenters. The maximum Gasteiger partial charge on any atom is 0.255 e. The number of hydrogen-bond donors (Lipinski definition) is 3. The molecule has 1 atom stereocenters. The quantitative estimate of drug-likeness (QED) is 0.584. The van der Waals surface area contributed by atoms with Crippen molar-refractivity contribution in [2.24, 2.45) is 11.1 Å². The first-order valence-electron chi connectivity index (χ1n) is 10.2. The van der Waals surface area contributed by atoms with E-state index < -0.39 is 6.04 Å². The Hall–Kier alpha value is -2.29. The molecule has 6 rings (SSSR count). The van der Waals surface area contributed by atoms with Gasteiger partial charge in [0.1, 0.15) is 6.04 Å². The van der Waals surface area contributed by atoms with Crippen LogP contribution in [0.3, 0.4) is 0 Å². The van der Waals surface area contributed by atoms with E-state index in [-0.39, 0.29) is 35.2 Å². The van der Waals surface area contributed by atoms with E-state index in [1.165, 1.54) is 0 Å². The number of rotatable bonds is 6. The van der Waals surface area contributed by atoms with Crippen molar-refractivity contribution in [3.63, 3.8) is 0 Å². The lowest BCUT2D eigenvalue weighted by Crippen LogP contribution is -2.52. The highest BCUT2D eigenvalue weighted by molar-refractivity contribution is 6.05. The molecular weight excluding hydrogens is 372 g/mol. The minimum absolute atomic E-state index is 0.0927. The van der Waals surface area contributed by atoms with Gasteiger partial charge in [0.05, 0.1) is 12.2 Å². The largest absolute Gasteiger partial charge is 0.373 e. The summed E-state index contributed by atoms with van der Waals surface area (Å²) in [6, 6.07) is 5.16. The molecule has 1 aromatic rings. The van der Waals surface area contributed by atoms with Gasteiger partial charge in [-0.25, -0.2) is 0 Å². The van der Waals surface area contributed by atoms with E-state index >= 15 is 0 Å². The maximum absolute atomic E-state index is 12.9. The molecule has 0 spiro atoms. The van der Waals surface area contributed by atoms with Crippen molar-refractivity contribution in [3.05, 3.63) is 34.9 Å². The fraction of sp³-hybridized carbons (Fsp3) is 0.571. The number of fused-ring (bicyclic) bond motifs is 2. The predicted molar refractivity (Wildman–Crippen MR) is 104 cm³/mol. The molecule has 154 valence electrons. The number of carbonyl (C=O) groups excluding carboxylic acids is 3. The van der Waals surface area contributed by atoms with Gasteiger partial charge in [-0.3, -0.25) is 19.7 Å². The Morgan fingerprint density at radius 1 is 1.28 bits per heavy atom. The fourth-order valence-corrected chi connectivity index (χ4v) is 5.48. The third-order valence-electron chi connectivity index (χ3n) is 6.95. The molecule has 0 aromatic heterocycles. The van der Waals surface area contributed by atoms with Crippen molar-refractivity contribution in [2.75, 3.05) is 19.7 Å². The summed E-state index contributed by atoms with van der Waals surface area (Å²) in [5.74, 6) is -0.785. The summed E-state index contributed by atoms with van der Waals surface area (Å²) in [5.41, 5.74) is 8.62. The van der Waals surface area contributed by atoms with Gasteiger partial charge in [-0.2, -0.15) is 0 Å². The number of piperidine rings is 1. The van der Waals surface area contributed by atoms with Crippen LogP contribution in [0, 0.1) is 5.41 Å². The summed E-state index contributed by atoms with van der Waals surface area (Å²) in [4.78, 5) is 38.1. The Kier molecular flexibility index (Phi) is 4.27. The van der Waals surface area contributed by atoms with Gasteiger partial charge in [0.2, 0.25) is 11.8 Å². The first kappa shape index (κ1) is 18.7. The molecule has 0 radical (unpaired) electrons. The molecule has 2 bridgehead atoms. The standard InChI is InChI=1S/C21H26N4O4/c22-10-21-8-20(9-21,12-29-21)11-23-6-13-2-1-3-14-15(13)7-25(19(14)28)16-4-5-17(26)24-18(16)27/h1-3,16,23H,4-12,22H2,(H,24,26,27). The SMILES string of the molecule is NCC12CC(CNCc3cccc4c3CN(C3CCC(=O)NC3=O)C4=O)(CO1)C2. The first-order valence-corrected chi connectivity index (χ1v) is 10.2. The van der Waals surface area contributed by atoms with Gasteiger partial charge in [-0.15, -0.1) is 0 Å². The van der Waals surface area contributed by atoms with Gasteiger partial charge in [-0.05, 0) is 36.5 Å². The highest BCUT2D eigenvalue weighted by atomic mass is 16.5. The Balaban J connectivity index is 1.25. The molecule has 4 N–H and O–H groups in total. The van der Waals surface area contributed by atoms with Gasteiger partial charge in [0.15, 0.2) is 0 Å². The average molecular weight is 398 g/mol. The van der Waals surface area contributed by atoms with Crippen LogP contribution in [0.25, 0.3) is 0 Å². The molecule has 8 heteroatoms. The molecule has 1 aliphatic carbocycles. The van der Waals surface area contributed by atoms with Crippen LogP contribution in [-0.4, -0.2) is 54.0 Å². The monoisotopic (exact) mass is 398 g/mol. The number of nitrogens with zero attached hydrogens (tertiary/aromatic N) is 1. The van der Waals surface area contributed by atoms with E-state index in [4.69, 9.17) is 10.5 Å². The van der Waals surface area contributed by atoms with Crippen LogP contribution in [0.15, 0.2) is 18.2 Å². The van der Waals surface area contributed by atoms with E-state index in [0.717, 1.165) is 37.1 Å². The van der Waals surface area contributed by atoms with Crippen molar-refractivity contribution in [2.45, 2.75) is 50.4 Å². The molecule has 1 aromatic carbocycles. The van der Waals surface area contributed by atoms with Gasteiger partial charge >= 0.3 is 0 Å². The fourth-order valence-electron chi connectivity index (χ4n) is 5.48. The molecule has 4 heterocycles. The second-order valence-corrected chi connectivity index (χ2v) is 8.98. The van der Waals surface area contributed by atoms with Crippen LogP contribution in [0.1, 0.15) is 47.2 Å². The molecule has 3 amide bonds. The number of imide groups is 1. The zero-order chi connectivity index (χ0) is 20.2. The number of hydrogen-bond acceptors (Lipinski definition) is 6. The lowest BCUT2D eigenvalue weighted by atomic mass is 9.62. The number of nitrogens with two attached hydrogens (primary N) is 1. The van der Waals surface area contributed by atoms with Crippen LogP contribution in [0.4, 0.5) is 0 Å². The molecule has 1 saturated carbocycles. The van der Waals surface area contributed by atoms with Crippen molar-refractivity contribution >= 4 is 17.7 Å². The van der Waals surface area contributed by atoms with Crippen LogP contribution in [-0.2, 0) is 27.4 Å². The second-order valence-electron chi connectivity index (χ2n) is 8.98. The average Bonchev–Trinajstić information content (AvgIpc) is 3.33. The Labute approximate surface area is 169 Å². The molecule has 8 nitrogen and oxygen atoms in total.